The van der Waals surface area contributed by atoms with Crippen LogP contribution in [-0.4, -0.2) is 14.5 Å². The SMILES string of the molecule is CC1(C)c2ccccc2-c2ccc(-c3nc(-c4ccc5c(c4)C(C)(C)c4cc(-n6c7ccccc7c7c8ccccc8ccc76)ccc4-5)nc4ccccc34)cc21. The fourth-order valence-electron chi connectivity index (χ4n) is 10.3. The maximum atomic E-state index is 5.40. The van der Waals surface area contributed by atoms with Gasteiger partial charge in [0.25, 0.3) is 0 Å². The van der Waals surface area contributed by atoms with Crippen LogP contribution in [0.25, 0.3) is 94.1 Å². The summed E-state index contributed by atoms with van der Waals surface area (Å²) < 4.78 is 2.45. The van der Waals surface area contributed by atoms with Crippen LogP contribution in [-0.2, 0) is 10.8 Å². The first-order chi connectivity index (χ1) is 27.8. The molecule has 12 rings (SSSR count). The fraction of sp³-hybridized carbons (Fsp3) is 0.111. The number of hydrogen-bond donors (Lipinski definition) is 0. The van der Waals surface area contributed by atoms with Crippen LogP contribution in [0.15, 0.2) is 164 Å². The highest BCUT2D eigenvalue weighted by Crippen LogP contribution is 2.52. The third kappa shape index (κ3) is 4.43. The summed E-state index contributed by atoms with van der Waals surface area (Å²) in [6.45, 7) is 9.40. The predicted octanol–water partition coefficient (Wildman–Crippen LogP) is 13.8. The molecule has 10 aromatic rings. The van der Waals surface area contributed by atoms with E-state index in [0.29, 0.717) is 0 Å². The number of aromatic nitrogens is 3. The van der Waals surface area contributed by atoms with Gasteiger partial charge in [-0.15, -0.1) is 0 Å². The zero-order chi connectivity index (χ0) is 38.2. The molecule has 57 heavy (non-hydrogen) atoms. The van der Waals surface area contributed by atoms with Crippen LogP contribution < -0.4 is 0 Å². The van der Waals surface area contributed by atoms with Crippen LogP contribution in [0.5, 0.6) is 0 Å². The fourth-order valence-corrected chi connectivity index (χ4v) is 10.3. The predicted molar refractivity (Wildman–Crippen MR) is 237 cm³/mol. The molecular weight excluding hydrogens is 691 g/mol. The maximum absolute atomic E-state index is 5.40. The van der Waals surface area contributed by atoms with Crippen LogP contribution in [0, 0.1) is 0 Å². The van der Waals surface area contributed by atoms with Gasteiger partial charge in [0.15, 0.2) is 5.82 Å². The average molecular weight is 730 g/mol. The van der Waals surface area contributed by atoms with E-state index in [0.717, 1.165) is 33.5 Å². The molecule has 0 saturated heterocycles. The number of benzene rings is 8. The monoisotopic (exact) mass is 729 g/mol. The van der Waals surface area contributed by atoms with Crippen molar-refractivity contribution in [1.82, 2.24) is 14.5 Å². The molecule has 2 aliphatic rings. The lowest BCUT2D eigenvalue weighted by Gasteiger charge is -2.23. The lowest BCUT2D eigenvalue weighted by atomic mass is 9.81. The molecule has 0 spiro atoms. The summed E-state index contributed by atoms with van der Waals surface area (Å²) in [6.07, 6.45) is 0. The summed E-state index contributed by atoms with van der Waals surface area (Å²) in [5.41, 5.74) is 17.9. The largest absolute Gasteiger partial charge is 0.309 e. The molecule has 2 heterocycles. The molecule has 8 aromatic carbocycles. The number of rotatable bonds is 3. The number of para-hydroxylation sites is 2. The minimum absolute atomic E-state index is 0.0933. The highest BCUT2D eigenvalue weighted by molar-refractivity contribution is 6.21. The van der Waals surface area contributed by atoms with Gasteiger partial charge in [-0.05, 0) is 97.7 Å². The van der Waals surface area contributed by atoms with Gasteiger partial charge in [-0.25, -0.2) is 9.97 Å². The Bertz CT molecular complexity index is 3360. The Balaban J connectivity index is 0.981. The van der Waals surface area contributed by atoms with Gasteiger partial charge in [-0.1, -0.05) is 149 Å². The Morgan fingerprint density at radius 1 is 0.421 bits per heavy atom. The van der Waals surface area contributed by atoms with Crippen LogP contribution in [0.1, 0.15) is 49.9 Å². The highest BCUT2D eigenvalue weighted by atomic mass is 15.0. The van der Waals surface area contributed by atoms with Crippen molar-refractivity contribution in [2.75, 3.05) is 0 Å². The van der Waals surface area contributed by atoms with Crippen molar-refractivity contribution < 1.29 is 0 Å². The second-order valence-corrected chi connectivity index (χ2v) is 17.0. The molecule has 0 saturated carbocycles. The summed E-state index contributed by atoms with van der Waals surface area (Å²) in [4.78, 5) is 10.6. The Hall–Kier alpha value is -6.84. The minimum Gasteiger partial charge on any atom is -0.309 e. The first kappa shape index (κ1) is 32.4. The Kier molecular flexibility index (Phi) is 6.46. The van der Waals surface area contributed by atoms with E-state index in [1.807, 2.05) is 0 Å². The smallest absolute Gasteiger partial charge is 0.160 e. The van der Waals surface area contributed by atoms with Crippen molar-refractivity contribution >= 4 is 43.5 Å². The third-order valence-electron chi connectivity index (χ3n) is 13.2. The van der Waals surface area contributed by atoms with Gasteiger partial charge in [0.2, 0.25) is 0 Å². The van der Waals surface area contributed by atoms with E-state index < -0.39 is 0 Å². The number of hydrogen-bond acceptors (Lipinski definition) is 2. The summed E-state index contributed by atoms with van der Waals surface area (Å²) in [5, 5.41) is 6.20. The van der Waals surface area contributed by atoms with Crippen LogP contribution in [0.3, 0.4) is 0 Å². The van der Waals surface area contributed by atoms with Gasteiger partial charge in [-0.3, -0.25) is 0 Å². The highest BCUT2D eigenvalue weighted by Gasteiger charge is 2.37. The Labute approximate surface area is 331 Å². The summed E-state index contributed by atoms with van der Waals surface area (Å²) in [6, 6.07) is 60.2. The van der Waals surface area contributed by atoms with Gasteiger partial charge in [0, 0.05) is 43.8 Å². The minimum atomic E-state index is -0.234. The molecule has 2 aromatic heterocycles. The average Bonchev–Trinajstić information content (AvgIpc) is 3.80. The van der Waals surface area contributed by atoms with Crippen molar-refractivity contribution in [3.63, 3.8) is 0 Å². The van der Waals surface area contributed by atoms with Crippen LogP contribution in [0.2, 0.25) is 0 Å². The van der Waals surface area contributed by atoms with E-state index in [1.54, 1.807) is 0 Å². The zero-order valence-corrected chi connectivity index (χ0v) is 32.4. The van der Waals surface area contributed by atoms with E-state index >= 15 is 0 Å². The lowest BCUT2D eigenvalue weighted by molar-refractivity contribution is 0.660. The molecule has 3 nitrogen and oxygen atoms in total. The summed E-state index contributed by atoms with van der Waals surface area (Å²) >= 11 is 0. The molecule has 2 aliphatic carbocycles. The lowest BCUT2D eigenvalue weighted by Crippen LogP contribution is -2.15. The van der Waals surface area contributed by atoms with Gasteiger partial charge in [0.1, 0.15) is 0 Å². The molecule has 0 atom stereocenters. The first-order valence-corrected chi connectivity index (χ1v) is 20.0. The standard InChI is InChI=1S/C54H39N3/c1-53(2)43-18-10-7-15-37(43)38-25-21-33(29-44(38)53)51-41-16-8-11-19-47(41)55-52(56-51)34-22-26-39-40-27-24-35(31-46(40)54(3,4)45(39)30-34)57-48-20-12-9-17-42(48)50-36-14-6-5-13-32(36)23-28-49(50)57/h5-31H,1-4H3. The maximum Gasteiger partial charge on any atom is 0.160 e. The number of fused-ring (bicyclic) bond motifs is 12. The van der Waals surface area contributed by atoms with Gasteiger partial charge < -0.3 is 4.57 Å². The Morgan fingerprint density at radius 2 is 1.02 bits per heavy atom. The molecule has 0 unspecified atom stereocenters. The molecule has 0 fully saturated rings. The van der Waals surface area contributed by atoms with E-state index in [4.69, 9.17) is 9.97 Å². The van der Waals surface area contributed by atoms with Crippen molar-refractivity contribution in [3.05, 3.63) is 186 Å². The van der Waals surface area contributed by atoms with Gasteiger partial charge in [0.05, 0.1) is 22.2 Å². The molecule has 0 N–H and O–H groups in total. The van der Waals surface area contributed by atoms with E-state index in [1.165, 1.54) is 82.8 Å². The topological polar surface area (TPSA) is 30.7 Å². The molecule has 0 radical (unpaired) electrons. The van der Waals surface area contributed by atoms with Crippen LogP contribution >= 0.6 is 0 Å². The van der Waals surface area contributed by atoms with E-state index in [-0.39, 0.29) is 10.8 Å². The Morgan fingerprint density at radius 3 is 1.84 bits per heavy atom. The molecule has 3 heteroatoms. The summed E-state index contributed by atoms with van der Waals surface area (Å²) in [7, 11) is 0. The molecule has 0 bridgehead atoms. The quantitative estimate of drug-likeness (QED) is 0.181. The van der Waals surface area contributed by atoms with Gasteiger partial charge >= 0.3 is 0 Å². The van der Waals surface area contributed by atoms with E-state index in [9.17, 15) is 0 Å². The third-order valence-corrected chi connectivity index (χ3v) is 13.2. The molecule has 0 amide bonds. The number of nitrogens with zero attached hydrogens (tertiary/aromatic N) is 3. The molecule has 0 aliphatic heterocycles. The second-order valence-electron chi connectivity index (χ2n) is 17.0. The van der Waals surface area contributed by atoms with Crippen molar-refractivity contribution in [3.8, 4) is 50.6 Å². The summed E-state index contributed by atoms with van der Waals surface area (Å²) in [5.74, 6) is 0.750. The van der Waals surface area contributed by atoms with Crippen molar-refractivity contribution in [2.45, 2.75) is 38.5 Å². The first-order valence-electron chi connectivity index (χ1n) is 20.0. The van der Waals surface area contributed by atoms with Crippen molar-refractivity contribution in [1.29, 1.82) is 0 Å². The van der Waals surface area contributed by atoms with Gasteiger partial charge in [-0.2, -0.15) is 0 Å². The molecule has 270 valence electrons. The zero-order valence-electron chi connectivity index (χ0n) is 32.4. The van der Waals surface area contributed by atoms with Crippen molar-refractivity contribution in [2.24, 2.45) is 0 Å². The second kappa shape index (κ2) is 11.4. The van der Waals surface area contributed by atoms with Crippen LogP contribution in [0.4, 0.5) is 0 Å². The van der Waals surface area contributed by atoms with E-state index in [2.05, 4.69) is 196 Å². The normalized spacial score (nSPS) is 14.6. The molecular formula is C54H39N3.